The average Bonchev–Trinajstić information content (AvgIpc) is 2.25. The molecule has 1 radical (unpaired) electrons. The van der Waals surface area contributed by atoms with Gasteiger partial charge in [0.2, 0.25) is 0 Å². The third-order valence-corrected chi connectivity index (χ3v) is 2.98. The first-order valence-corrected chi connectivity index (χ1v) is 5.98. The molecule has 67 valence electrons. The van der Waals surface area contributed by atoms with Gasteiger partial charge in [-0.25, -0.2) is 0 Å². The number of terminal acetylenes is 1. The lowest BCUT2D eigenvalue weighted by molar-refractivity contribution is 1.65. The van der Waals surface area contributed by atoms with Crippen LogP contribution in [0.15, 0.2) is 42.1 Å². The third-order valence-electron chi connectivity index (χ3n) is 1.60. The Bertz CT molecular complexity index is 398. The van der Waals surface area contributed by atoms with Crippen molar-refractivity contribution < 1.29 is 0 Å². The smallest absolute Gasteiger partial charge is 0.126 e. The molecule has 0 aromatic heterocycles. The van der Waals surface area contributed by atoms with Crippen LogP contribution in [-0.4, -0.2) is 8.80 Å². The van der Waals surface area contributed by atoms with Crippen LogP contribution in [0.1, 0.15) is 12.5 Å². The second kappa shape index (κ2) is 5.86. The van der Waals surface area contributed by atoms with Crippen molar-refractivity contribution in [2.24, 2.45) is 0 Å². The molecule has 0 aliphatic heterocycles. The van der Waals surface area contributed by atoms with Crippen molar-refractivity contribution in [2.75, 3.05) is 0 Å². The van der Waals surface area contributed by atoms with Gasteiger partial charge in [0.15, 0.2) is 0 Å². The maximum atomic E-state index is 5.36. The Hall–Kier alpha value is -1.70. The quantitative estimate of drug-likeness (QED) is 0.477. The molecule has 0 N–H and O–H groups in total. The van der Waals surface area contributed by atoms with E-state index in [2.05, 4.69) is 17.0 Å². The minimum Gasteiger partial charge on any atom is -0.126 e. The Morgan fingerprint density at radius 2 is 2.00 bits per heavy atom. The second-order valence-electron chi connectivity index (χ2n) is 2.67. The van der Waals surface area contributed by atoms with E-state index in [1.165, 1.54) is 0 Å². The van der Waals surface area contributed by atoms with Crippen LogP contribution in [0.2, 0.25) is 0 Å². The van der Waals surface area contributed by atoms with Crippen LogP contribution in [0.3, 0.4) is 0 Å². The standard InChI is InChI=1S/C13H11Si/c1-3-11-14(4-2)12-10-13-8-6-5-7-9-13/h2-3,5-9,11H,1H3. The van der Waals surface area contributed by atoms with Crippen LogP contribution in [0, 0.1) is 23.4 Å². The second-order valence-corrected chi connectivity index (χ2v) is 4.37. The summed E-state index contributed by atoms with van der Waals surface area (Å²) in [7, 11) is -1.05. The lowest BCUT2D eigenvalue weighted by Crippen LogP contribution is -2.02. The number of hydrogen-bond donors (Lipinski definition) is 0. The van der Waals surface area contributed by atoms with Gasteiger partial charge in [-0.3, -0.25) is 0 Å². The maximum Gasteiger partial charge on any atom is 0.259 e. The summed E-state index contributed by atoms with van der Waals surface area (Å²) < 4.78 is 0. The predicted molar refractivity (Wildman–Crippen MR) is 62.7 cm³/mol. The molecule has 0 heterocycles. The summed E-state index contributed by atoms with van der Waals surface area (Å²) >= 11 is 0. The lowest BCUT2D eigenvalue weighted by atomic mass is 10.2. The van der Waals surface area contributed by atoms with Gasteiger partial charge in [0.25, 0.3) is 8.80 Å². The highest BCUT2D eigenvalue weighted by atomic mass is 28.3. The maximum absolute atomic E-state index is 5.36. The molecular formula is C13H11Si. The van der Waals surface area contributed by atoms with E-state index in [-0.39, 0.29) is 0 Å². The van der Waals surface area contributed by atoms with E-state index in [1.54, 1.807) is 0 Å². The molecule has 1 aromatic carbocycles. The Labute approximate surface area is 87.3 Å². The van der Waals surface area contributed by atoms with Gasteiger partial charge in [0.05, 0.1) is 0 Å². The molecule has 0 aliphatic rings. The summed E-state index contributed by atoms with van der Waals surface area (Å²) in [5.41, 5.74) is 8.87. The number of benzene rings is 1. The van der Waals surface area contributed by atoms with Crippen molar-refractivity contribution in [3.8, 4) is 23.4 Å². The normalized spacial score (nSPS) is 9.50. The van der Waals surface area contributed by atoms with E-state index >= 15 is 0 Å². The first-order valence-electron chi connectivity index (χ1n) is 4.40. The molecule has 1 heteroatoms. The zero-order chi connectivity index (χ0) is 10.2. The van der Waals surface area contributed by atoms with Gasteiger partial charge in [0, 0.05) is 5.56 Å². The summed E-state index contributed by atoms with van der Waals surface area (Å²) in [6.45, 7) is 1.96. The van der Waals surface area contributed by atoms with E-state index in [4.69, 9.17) is 6.42 Å². The number of allylic oxidation sites excluding steroid dienone is 1. The molecule has 0 spiro atoms. The summed E-state index contributed by atoms with van der Waals surface area (Å²) in [5.74, 6) is 3.08. The minimum atomic E-state index is -1.05. The van der Waals surface area contributed by atoms with Crippen molar-refractivity contribution in [2.45, 2.75) is 6.92 Å². The first-order chi connectivity index (χ1) is 6.86. The van der Waals surface area contributed by atoms with Gasteiger partial charge in [-0.1, -0.05) is 35.9 Å². The molecular weight excluding hydrogens is 184 g/mol. The van der Waals surface area contributed by atoms with E-state index in [9.17, 15) is 0 Å². The fraction of sp³-hybridized carbons (Fsp3) is 0.0769. The fourth-order valence-corrected chi connectivity index (χ4v) is 1.82. The van der Waals surface area contributed by atoms with Crippen molar-refractivity contribution in [3.05, 3.63) is 47.7 Å². The molecule has 0 nitrogen and oxygen atoms in total. The van der Waals surface area contributed by atoms with Gasteiger partial charge in [-0.2, -0.15) is 0 Å². The van der Waals surface area contributed by atoms with Gasteiger partial charge < -0.3 is 0 Å². The SMILES string of the molecule is C#C[Si](C#Cc1ccccc1)C=CC. The largest absolute Gasteiger partial charge is 0.259 e. The fourth-order valence-electron chi connectivity index (χ4n) is 0.954. The lowest BCUT2D eigenvalue weighted by Gasteiger charge is -1.89. The minimum absolute atomic E-state index is 1.02. The van der Waals surface area contributed by atoms with E-state index in [1.807, 2.05) is 49.0 Å². The number of rotatable bonds is 1. The van der Waals surface area contributed by atoms with Crippen LogP contribution in [0.5, 0.6) is 0 Å². The Balaban J connectivity index is 2.78. The Kier molecular flexibility index (Phi) is 4.34. The van der Waals surface area contributed by atoms with Crippen LogP contribution < -0.4 is 0 Å². The monoisotopic (exact) mass is 195 g/mol. The third kappa shape index (κ3) is 3.35. The summed E-state index contributed by atoms with van der Waals surface area (Å²) in [5, 5.41) is 0. The topological polar surface area (TPSA) is 0 Å². The van der Waals surface area contributed by atoms with Crippen LogP contribution in [0.4, 0.5) is 0 Å². The molecule has 1 rings (SSSR count). The molecule has 0 saturated carbocycles. The highest BCUT2D eigenvalue weighted by Crippen LogP contribution is 1.95. The molecule has 14 heavy (non-hydrogen) atoms. The molecule has 0 bridgehead atoms. The highest BCUT2D eigenvalue weighted by molar-refractivity contribution is 6.79. The van der Waals surface area contributed by atoms with Crippen molar-refractivity contribution >= 4 is 8.80 Å². The molecule has 0 aliphatic carbocycles. The average molecular weight is 195 g/mol. The van der Waals surface area contributed by atoms with Gasteiger partial charge in [-0.15, -0.1) is 17.5 Å². The molecule has 0 saturated heterocycles. The first kappa shape index (κ1) is 10.4. The summed E-state index contributed by atoms with van der Waals surface area (Å²) in [6, 6.07) is 9.89. The summed E-state index contributed by atoms with van der Waals surface area (Å²) in [6.07, 6.45) is 7.33. The van der Waals surface area contributed by atoms with Gasteiger partial charge in [0.1, 0.15) is 0 Å². The zero-order valence-corrected chi connectivity index (χ0v) is 9.12. The van der Waals surface area contributed by atoms with E-state index in [0.29, 0.717) is 0 Å². The Morgan fingerprint density at radius 1 is 1.29 bits per heavy atom. The van der Waals surface area contributed by atoms with E-state index < -0.39 is 8.80 Å². The molecule has 0 fully saturated rings. The van der Waals surface area contributed by atoms with Crippen LogP contribution in [0.25, 0.3) is 0 Å². The van der Waals surface area contributed by atoms with E-state index in [0.717, 1.165) is 5.56 Å². The van der Waals surface area contributed by atoms with Crippen LogP contribution >= 0.6 is 0 Å². The van der Waals surface area contributed by atoms with Crippen molar-refractivity contribution in [1.29, 1.82) is 0 Å². The van der Waals surface area contributed by atoms with Crippen molar-refractivity contribution in [3.63, 3.8) is 0 Å². The number of hydrogen-bond acceptors (Lipinski definition) is 0. The van der Waals surface area contributed by atoms with Crippen LogP contribution in [-0.2, 0) is 0 Å². The van der Waals surface area contributed by atoms with Gasteiger partial charge >= 0.3 is 0 Å². The Morgan fingerprint density at radius 3 is 2.57 bits per heavy atom. The predicted octanol–water partition coefficient (Wildman–Crippen LogP) is 2.36. The highest BCUT2D eigenvalue weighted by Gasteiger charge is 1.95. The zero-order valence-electron chi connectivity index (χ0n) is 8.12. The molecule has 0 unspecified atom stereocenters. The molecule has 1 aromatic rings. The molecule has 0 atom stereocenters. The van der Waals surface area contributed by atoms with Crippen molar-refractivity contribution in [1.82, 2.24) is 0 Å². The molecule has 0 amide bonds. The summed E-state index contributed by atoms with van der Waals surface area (Å²) in [4.78, 5) is 0. The van der Waals surface area contributed by atoms with Gasteiger partial charge in [-0.05, 0) is 19.1 Å².